The molecular formula is C55H55F6N9O7S2. The van der Waals surface area contributed by atoms with Crippen LogP contribution >= 0.6 is 23.6 Å². The number of thiazole rings is 1. The molecule has 1 unspecified atom stereocenters. The van der Waals surface area contributed by atoms with Crippen LogP contribution in [0.1, 0.15) is 99.7 Å². The molecule has 6 aromatic rings. The highest BCUT2D eigenvalue weighted by molar-refractivity contribution is 7.81. The molecule has 0 saturated carbocycles. The van der Waals surface area contributed by atoms with Gasteiger partial charge < -0.3 is 34.8 Å². The highest BCUT2D eigenvalue weighted by Crippen LogP contribution is 2.43. The second-order valence-corrected chi connectivity index (χ2v) is 21.0. The number of amides is 4. The number of benzene rings is 3. The second-order valence-electron chi connectivity index (χ2n) is 19.8. The van der Waals surface area contributed by atoms with E-state index in [9.17, 15) is 42.7 Å². The maximum atomic E-state index is 15.9. The minimum Gasteiger partial charge on any atom is -0.490 e. The number of aromatic nitrogens is 3. The van der Waals surface area contributed by atoms with Crippen molar-refractivity contribution in [2.45, 2.75) is 104 Å². The smallest absolute Gasteiger partial charge is 0.420 e. The number of likely N-dealkylation sites (N-methyl/N-ethyl adjacent to an activating group) is 1. The SMILES string of the molecule is Cc1cc(C(C(=O)N(C)[C@@H](C[C@H](C)O)C(=O)N[C@@H](CC(=O)NCCCOc2ccc(-c3ncc(N4C(=S)N(c5ccc(C#N)c(C(F)(F)F)c5F)C(=O)C4(C)C)cc3F)cc2F)c2ccc(-c3scnc3C)cc2)C(C)C)on1. The van der Waals surface area contributed by atoms with Crippen molar-refractivity contribution in [3.05, 3.63) is 130 Å². The largest absolute Gasteiger partial charge is 0.490 e. The predicted molar refractivity (Wildman–Crippen MR) is 285 cm³/mol. The number of nitriles is 1. The summed E-state index contributed by atoms with van der Waals surface area (Å²) >= 11 is 6.91. The first-order valence-electron chi connectivity index (χ1n) is 24.8. The Morgan fingerprint density at radius 1 is 0.987 bits per heavy atom. The first kappa shape index (κ1) is 58.9. The van der Waals surface area contributed by atoms with E-state index >= 15 is 13.2 Å². The Morgan fingerprint density at radius 2 is 1.68 bits per heavy atom. The Bertz CT molecular complexity index is 3320. The van der Waals surface area contributed by atoms with Crippen LogP contribution < -0.4 is 25.2 Å². The van der Waals surface area contributed by atoms with E-state index in [1.54, 1.807) is 30.6 Å². The number of rotatable bonds is 20. The molecule has 7 rings (SSSR count). The van der Waals surface area contributed by atoms with Crippen LogP contribution in [0.15, 0.2) is 83.0 Å². The monoisotopic (exact) mass is 1130 g/mol. The normalized spacial score (nSPS) is 14.9. The predicted octanol–water partition coefficient (Wildman–Crippen LogP) is 9.87. The van der Waals surface area contributed by atoms with Gasteiger partial charge in [0, 0.05) is 37.7 Å². The number of anilines is 2. The number of ether oxygens (including phenoxy) is 1. The van der Waals surface area contributed by atoms with Crippen molar-refractivity contribution in [3.8, 4) is 33.5 Å². The average Bonchev–Trinajstić information content (AvgIpc) is 4.18. The lowest BCUT2D eigenvalue weighted by Gasteiger charge is -2.33. The van der Waals surface area contributed by atoms with Crippen LogP contribution in [0.25, 0.3) is 21.7 Å². The van der Waals surface area contributed by atoms with Gasteiger partial charge in [-0.3, -0.25) is 29.1 Å². The van der Waals surface area contributed by atoms with Gasteiger partial charge in [-0.15, -0.1) is 11.3 Å². The molecule has 24 heteroatoms. The number of pyridine rings is 1. The van der Waals surface area contributed by atoms with Gasteiger partial charge in [0.05, 0.1) is 76.2 Å². The molecule has 1 fully saturated rings. The summed E-state index contributed by atoms with van der Waals surface area (Å²) in [5.74, 6) is -7.13. The number of alkyl halides is 3. The standard InChI is InChI=1S/C55H55F6N9O7S2/c1-28(2)45(43-20-29(3)67-77-43)51(74)68(8)41(21-30(4)71)50(73)66-39(32-10-12-33(13-11-32)49-31(5)65-27-79-49)24-44(72)63-18-9-19-76-42-17-15-34(22-37(42)56)48-38(57)23-36(26-64-48)70-53(78)69(52(75)54(70,6)7)40-16-14-35(25-62)46(47(40)58)55(59,60)61/h10-17,20,22-23,26-28,30,39,41,45,71H,9,18-19,21,24H2,1-8H3,(H,63,72)(H,66,73)/t30-,39-,41-,45?/m0/s1. The fourth-order valence-electron chi connectivity index (χ4n) is 9.18. The summed E-state index contributed by atoms with van der Waals surface area (Å²) in [7, 11) is 1.48. The number of hydrogen-bond acceptors (Lipinski definition) is 13. The van der Waals surface area contributed by atoms with Crippen LogP contribution in [0.4, 0.5) is 37.7 Å². The minimum absolute atomic E-state index is 0.0203. The lowest BCUT2D eigenvalue weighted by molar-refractivity contribution is -0.142. The first-order valence-corrected chi connectivity index (χ1v) is 26.1. The topological polar surface area (TPSA) is 207 Å². The summed E-state index contributed by atoms with van der Waals surface area (Å²) in [5.41, 5.74) is -1.32. The molecule has 4 heterocycles. The van der Waals surface area contributed by atoms with Gasteiger partial charge in [-0.1, -0.05) is 43.3 Å². The van der Waals surface area contributed by atoms with Crippen molar-refractivity contribution < 1.29 is 59.9 Å². The molecule has 0 bridgehead atoms. The van der Waals surface area contributed by atoms with Crippen molar-refractivity contribution in [3.63, 3.8) is 0 Å². The van der Waals surface area contributed by atoms with Crippen molar-refractivity contribution in [1.29, 1.82) is 5.26 Å². The summed E-state index contributed by atoms with van der Waals surface area (Å²) in [6.45, 7) is 11.5. The van der Waals surface area contributed by atoms with Crippen LogP contribution in [0.3, 0.4) is 0 Å². The van der Waals surface area contributed by atoms with Crippen LogP contribution in [0.5, 0.6) is 5.75 Å². The molecule has 1 saturated heterocycles. The Hall–Kier alpha value is -7.75. The van der Waals surface area contributed by atoms with E-state index in [1.807, 2.05) is 32.9 Å². The molecule has 416 valence electrons. The summed E-state index contributed by atoms with van der Waals surface area (Å²) < 4.78 is 99.5. The fraction of sp³-hybridized carbons (Fsp3) is 0.364. The highest BCUT2D eigenvalue weighted by atomic mass is 32.1. The van der Waals surface area contributed by atoms with Gasteiger partial charge in [0.25, 0.3) is 5.91 Å². The molecule has 4 atom stereocenters. The van der Waals surface area contributed by atoms with E-state index < -0.39 is 98.8 Å². The molecule has 0 spiro atoms. The Morgan fingerprint density at radius 3 is 2.27 bits per heavy atom. The third-order valence-electron chi connectivity index (χ3n) is 13.2. The number of nitrogens with zero attached hydrogens (tertiary/aromatic N) is 7. The lowest BCUT2D eigenvalue weighted by atomic mass is 9.90. The van der Waals surface area contributed by atoms with Crippen molar-refractivity contribution >= 4 is 63.7 Å². The summed E-state index contributed by atoms with van der Waals surface area (Å²) in [4.78, 5) is 67.9. The van der Waals surface area contributed by atoms with Gasteiger partial charge in [-0.25, -0.2) is 18.2 Å². The van der Waals surface area contributed by atoms with E-state index in [0.717, 1.165) is 45.4 Å². The number of aryl methyl sites for hydroxylation is 2. The molecule has 0 aliphatic carbocycles. The fourth-order valence-corrected chi connectivity index (χ4v) is 10.5. The van der Waals surface area contributed by atoms with Gasteiger partial charge >= 0.3 is 6.18 Å². The zero-order chi connectivity index (χ0) is 57.8. The number of hydrogen-bond donors (Lipinski definition) is 3. The van der Waals surface area contributed by atoms with Crippen molar-refractivity contribution in [2.24, 2.45) is 5.92 Å². The minimum atomic E-state index is -5.29. The lowest BCUT2D eigenvalue weighted by Crippen LogP contribution is -2.51. The van der Waals surface area contributed by atoms with Gasteiger partial charge in [0.2, 0.25) is 17.7 Å². The van der Waals surface area contributed by atoms with Gasteiger partial charge in [0.1, 0.15) is 34.5 Å². The molecule has 3 aromatic carbocycles. The number of halogens is 6. The molecule has 1 aliphatic heterocycles. The van der Waals surface area contributed by atoms with Crippen molar-refractivity contribution in [1.82, 2.24) is 30.7 Å². The van der Waals surface area contributed by atoms with E-state index in [4.69, 9.17) is 21.5 Å². The Kier molecular flexibility index (Phi) is 18.0. The Balaban J connectivity index is 0.995. The zero-order valence-electron chi connectivity index (χ0n) is 44.0. The maximum Gasteiger partial charge on any atom is 0.420 e. The summed E-state index contributed by atoms with van der Waals surface area (Å²) in [6, 6.07) is 14.2. The third-order valence-corrected chi connectivity index (χ3v) is 14.6. The summed E-state index contributed by atoms with van der Waals surface area (Å²) in [5, 5.41) is 28.9. The third kappa shape index (κ3) is 12.7. The molecule has 1 aliphatic rings. The molecule has 4 amide bonds. The number of nitrogens with one attached hydrogen (secondary N) is 2. The Labute approximate surface area is 460 Å². The van der Waals surface area contributed by atoms with E-state index in [2.05, 4.69) is 25.8 Å². The van der Waals surface area contributed by atoms with Crippen LogP contribution in [-0.2, 0) is 25.4 Å². The molecule has 79 heavy (non-hydrogen) atoms. The number of aliphatic hydroxyl groups is 1. The van der Waals surface area contributed by atoms with Gasteiger partial charge in [-0.2, -0.15) is 18.4 Å². The first-order chi connectivity index (χ1) is 37.2. The van der Waals surface area contributed by atoms with Crippen LogP contribution in [-0.4, -0.2) is 91.8 Å². The van der Waals surface area contributed by atoms with E-state index in [0.29, 0.717) is 28.0 Å². The zero-order valence-corrected chi connectivity index (χ0v) is 45.7. The molecule has 3 aromatic heterocycles. The average molecular weight is 1130 g/mol. The second kappa shape index (κ2) is 24.1. The molecule has 0 radical (unpaired) electrons. The van der Waals surface area contributed by atoms with Crippen LogP contribution in [0.2, 0.25) is 0 Å². The molecule has 3 N–H and O–H groups in total. The number of carbonyl (C=O) groups is 4. The molecule has 16 nitrogen and oxygen atoms in total. The number of thiocarbonyl (C=S) groups is 1. The number of aliphatic hydroxyl groups excluding tert-OH is 1. The van der Waals surface area contributed by atoms with Gasteiger partial charge in [0.15, 0.2) is 28.3 Å². The van der Waals surface area contributed by atoms with E-state index in [-0.39, 0.29) is 61.0 Å². The van der Waals surface area contributed by atoms with E-state index in [1.165, 1.54) is 62.3 Å². The quantitative estimate of drug-likeness (QED) is 0.0370. The van der Waals surface area contributed by atoms with Gasteiger partial charge in [-0.05, 0) is 101 Å². The number of carbonyl (C=O) groups excluding carboxylic acids is 4. The maximum absolute atomic E-state index is 15.9. The highest BCUT2D eigenvalue weighted by Gasteiger charge is 2.52. The molecular weight excluding hydrogens is 1080 g/mol. The van der Waals surface area contributed by atoms with Crippen LogP contribution in [0, 0.1) is 48.5 Å². The summed E-state index contributed by atoms with van der Waals surface area (Å²) in [6.07, 6.45) is -5.33. The van der Waals surface area contributed by atoms with Crippen molar-refractivity contribution in [2.75, 3.05) is 30.0 Å².